The molecule has 2 atom stereocenters. The summed E-state index contributed by atoms with van der Waals surface area (Å²) in [7, 11) is -2.91. The van der Waals surface area contributed by atoms with E-state index in [-0.39, 0.29) is 17.9 Å². The Labute approximate surface area is 178 Å². The summed E-state index contributed by atoms with van der Waals surface area (Å²) in [6.45, 7) is 9.38. The summed E-state index contributed by atoms with van der Waals surface area (Å²) in [4.78, 5) is 12.5. The molecule has 0 heterocycles. The number of hydrogen-bond donors (Lipinski definition) is 0. The molecule has 0 fully saturated rings. The molecular formula is C23H27NO5S. The lowest BCUT2D eigenvalue weighted by Crippen LogP contribution is -2.51. The van der Waals surface area contributed by atoms with E-state index in [1.165, 1.54) is 31.4 Å². The maximum absolute atomic E-state index is 13.5. The molecular weight excluding hydrogens is 402 g/mol. The fourth-order valence-corrected chi connectivity index (χ4v) is 4.56. The number of sulfonamides is 1. The van der Waals surface area contributed by atoms with Gasteiger partial charge in [0.25, 0.3) is 0 Å². The molecule has 0 saturated carbocycles. The normalized spacial score (nSPS) is 13.4. The molecule has 0 aliphatic carbocycles. The molecule has 0 spiro atoms. The van der Waals surface area contributed by atoms with Gasteiger partial charge in [-0.15, -0.1) is 6.58 Å². The molecule has 0 aliphatic heterocycles. The molecule has 160 valence electrons. The summed E-state index contributed by atoms with van der Waals surface area (Å²) >= 11 is 0. The van der Waals surface area contributed by atoms with Crippen molar-refractivity contribution in [3.8, 4) is 0 Å². The minimum Gasteiger partial charge on any atom is -0.468 e. The maximum atomic E-state index is 13.5. The third-order valence-corrected chi connectivity index (χ3v) is 6.37. The molecule has 0 radical (unpaired) electrons. The number of aryl methyl sites for hydroxylation is 1. The average molecular weight is 430 g/mol. The van der Waals surface area contributed by atoms with Crippen LogP contribution in [0.2, 0.25) is 0 Å². The number of esters is 1. The van der Waals surface area contributed by atoms with E-state index in [1.807, 2.05) is 37.3 Å². The van der Waals surface area contributed by atoms with Crippen LogP contribution in [-0.2, 0) is 30.9 Å². The van der Waals surface area contributed by atoms with Crippen molar-refractivity contribution in [2.24, 2.45) is 0 Å². The Kier molecular flexibility index (Phi) is 8.53. The van der Waals surface area contributed by atoms with Gasteiger partial charge in [0.05, 0.1) is 18.6 Å². The van der Waals surface area contributed by atoms with Crippen molar-refractivity contribution in [3.63, 3.8) is 0 Å². The van der Waals surface area contributed by atoms with Crippen molar-refractivity contribution in [3.05, 3.63) is 91.0 Å². The van der Waals surface area contributed by atoms with Crippen LogP contribution in [0.1, 0.15) is 17.5 Å². The second kappa shape index (κ2) is 10.9. The van der Waals surface area contributed by atoms with Gasteiger partial charge in [-0.1, -0.05) is 60.7 Å². The van der Waals surface area contributed by atoms with Crippen molar-refractivity contribution in [2.45, 2.75) is 37.1 Å². The number of carbonyl (C=O) groups excluding carboxylic acids is 1. The fraction of sp³-hybridized carbons (Fsp3) is 0.261. The van der Waals surface area contributed by atoms with Crippen LogP contribution in [0.15, 0.2) is 84.8 Å². The number of ether oxygens (including phenoxy) is 2. The van der Waals surface area contributed by atoms with Gasteiger partial charge >= 0.3 is 5.97 Å². The van der Waals surface area contributed by atoms with Gasteiger partial charge < -0.3 is 9.47 Å². The Hall–Kier alpha value is -2.74. The van der Waals surface area contributed by atoms with Gasteiger partial charge in [0.1, 0.15) is 12.3 Å². The third-order valence-electron chi connectivity index (χ3n) is 4.48. The number of nitrogens with zero attached hydrogens (tertiary/aromatic N) is 1. The van der Waals surface area contributed by atoms with Gasteiger partial charge in [-0.3, -0.25) is 4.79 Å². The van der Waals surface area contributed by atoms with Crippen LogP contribution in [0.5, 0.6) is 0 Å². The van der Waals surface area contributed by atoms with Crippen molar-refractivity contribution in [1.82, 2.24) is 4.31 Å². The first-order valence-electron chi connectivity index (χ1n) is 9.42. The van der Waals surface area contributed by atoms with Gasteiger partial charge in [-0.2, -0.15) is 4.31 Å². The zero-order valence-corrected chi connectivity index (χ0v) is 18.0. The van der Waals surface area contributed by atoms with Crippen LogP contribution in [0.25, 0.3) is 0 Å². The van der Waals surface area contributed by atoms with E-state index >= 15 is 0 Å². The Bertz CT molecular complexity index is 955. The van der Waals surface area contributed by atoms with Crippen molar-refractivity contribution in [1.29, 1.82) is 0 Å². The van der Waals surface area contributed by atoms with Crippen LogP contribution in [-0.4, -0.2) is 38.1 Å². The van der Waals surface area contributed by atoms with Crippen molar-refractivity contribution < 1.29 is 22.7 Å². The third kappa shape index (κ3) is 5.66. The minimum absolute atomic E-state index is 0.0428. The largest absolute Gasteiger partial charge is 0.468 e. The molecule has 2 aromatic rings. The number of benzene rings is 2. The summed E-state index contributed by atoms with van der Waals surface area (Å²) in [5, 5.41) is 0. The second-order valence-corrected chi connectivity index (χ2v) is 8.48. The van der Waals surface area contributed by atoms with Gasteiger partial charge in [-0.05, 0) is 37.1 Å². The second-order valence-electron chi connectivity index (χ2n) is 6.63. The fourth-order valence-electron chi connectivity index (χ4n) is 2.91. The molecule has 0 saturated heterocycles. The molecule has 30 heavy (non-hydrogen) atoms. The van der Waals surface area contributed by atoms with Gasteiger partial charge in [-0.25, -0.2) is 8.42 Å². The number of rotatable bonds is 11. The van der Waals surface area contributed by atoms with E-state index in [4.69, 9.17) is 9.47 Å². The number of hydrogen-bond acceptors (Lipinski definition) is 5. The Morgan fingerprint density at radius 2 is 1.73 bits per heavy atom. The first-order valence-corrected chi connectivity index (χ1v) is 10.9. The molecule has 0 bridgehead atoms. The van der Waals surface area contributed by atoms with E-state index in [0.29, 0.717) is 0 Å². The lowest BCUT2D eigenvalue weighted by atomic mass is 10.2. The number of carbonyl (C=O) groups is 1. The Morgan fingerprint density at radius 3 is 2.27 bits per heavy atom. The number of methoxy groups -OCH3 is 1. The van der Waals surface area contributed by atoms with Crippen LogP contribution < -0.4 is 0 Å². The molecule has 2 rings (SSSR count). The molecule has 6 nitrogen and oxygen atoms in total. The van der Waals surface area contributed by atoms with E-state index in [0.717, 1.165) is 15.4 Å². The van der Waals surface area contributed by atoms with Gasteiger partial charge in [0.2, 0.25) is 10.0 Å². The summed E-state index contributed by atoms with van der Waals surface area (Å²) in [6.07, 6.45) is 1.78. The molecule has 0 aromatic heterocycles. The van der Waals surface area contributed by atoms with Crippen LogP contribution >= 0.6 is 0 Å². The topological polar surface area (TPSA) is 72.9 Å². The van der Waals surface area contributed by atoms with E-state index in [1.54, 1.807) is 12.1 Å². The first-order chi connectivity index (χ1) is 14.3. The van der Waals surface area contributed by atoms with Crippen LogP contribution in [0.3, 0.4) is 0 Å². The highest BCUT2D eigenvalue weighted by atomic mass is 32.2. The highest BCUT2D eigenvalue weighted by Gasteiger charge is 2.40. The van der Waals surface area contributed by atoms with Crippen molar-refractivity contribution in [2.75, 3.05) is 7.11 Å². The van der Waals surface area contributed by atoms with E-state index < -0.39 is 28.3 Å². The highest BCUT2D eigenvalue weighted by molar-refractivity contribution is 7.89. The van der Waals surface area contributed by atoms with Gasteiger partial charge in [0.15, 0.2) is 0 Å². The summed E-state index contributed by atoms with van der Waals surface area (Å²) in [5.74, 6) is -0.708. The molecule has 0 N–H and O–H groups in total. The van der Waals surface area contributed by atoms with Crippen molar-refractivity contribution >= 4 is 16.0 Å². The Balaban J connectivity index is 2.49. The predicted octanol–water partition coefficient (Wildman–Crippen LogP) is 3.83. The highest BCUT2D eigenvalue weighted by Crippen LogP contribution is 2.26. The molecule has 2 aromatic carbocycles. The van der Waals surface area contributed by atoms with Crippen LogP contribution in [0.4, 0.5) is 0 Å². The smallest absolute Gasteiger partial charge is 0.324 e. The minimum atomic E-state index is -4.12. The zero-order valence-electron chi connectivity index (χ0n) is 17.2. The van der Waals surface area contributed by atoms with Gasteiger partial charge in [0, 0.05) is 0 Å². The molecule has 1 unspecified atom stereocenters. The predicted molar refractivity (Wildman–Crippen MR) is 116 cm³/mol. The summed E-state index contributed by atoms with van der Waals surface area (Å²) in [6, 6.07) is 14.5. The summed E-state index contributed by atoms with van der Waals surface area (Å²) in [5.41, 5.74) is 1.77. The average Bonchev–Trinajstić information content (AvgIpc) is 2.75. The SMILES string of the molecule is C=CC[C@@H](C(=O)OC)N(C(C=C)OCc1ccccc1)S(=O)(=O)c1ccc(C)cc1. The zero-order chi connectivity index (χ0) is 22.1. The molecule has 7 heteroatoms. The Morgan fingerprint density at radius 1 is 1.10 bits per heavy atom. The van der Waals surface area contributed by atoms with E-state index in [9.17, 15) is 13.2 Å². The van der Waals surface area contributed by atoms with Crippen LogP contribution in [0, 0.1) is 6.92 Å². The van der Waals surface area contributed by atoms with E-state index in [2.05, 4.69) is 13.2 Å². The monoisotopic (exact) mass is 429 g/mol. The lowest BCUT2D eigenvalue weighted by Gasteiger charge is -2.33. The lowest BCUT2D eigenvalue weighted by molar-refractivity contribution is -0.148. The molecule has 0 aliphatic rings. The quantitative estimate of drug-likeness (QED) is 0.308. The maximum Gasteiger partial charge on any atom is 0.324 e. The summed E-state index contributed by atoms with van der Waals surface area (Å²) < 4.78 is 38.8. The molecule has 0 amide bonds. The first kappa shape index (κ1) is 23.5. The standard InChI is InChI=1S/C23H27NO5S/c1-5-10-21(23(25)28-4)24(30(26,27)20-15-13-18(3)14-16-20)22(6-2)29-17-19-11-8-7-9-12-19/h5-9,11-16,21-22H,1-2,10,17H2,3-4H3/t21-,22?/m0/s1.